The molecule has 0 saturated heterocycles. The van der Waals surface area contributed by atoms with Crippen LogP contribution in [0.2, 0.25) is 0 Å². The second-order valence-electron chi connectivity index (χ2n) is 14.3. The molecule has 7 aromatic carbocycles. The minimum Gasteiger partial charge on any atom is -0.268 e. The molecule has 0 aliphatic heterocycles. The molecule has 1 heterocycles. The fraction of sp³-hybridized carbons (Fsp3) is 0.263. The first kappa shape index (κ1) is 24.5. The van der Waals surface area contributed by atoms with Crippen LogP contribution in [0.4, 0.5) is 0 Å². The molecule has 202 valence electrons. The van der Waals surface area contributed by atoms with E-state index in [-0.39, 0.29) is 21.9 Å². The third kappa shape index (κ3) is 2.89. The summed E-state index contributed by atoms with van der Waals surface area (Å²) in [5.74, 6) is 0. The van der Waals surface area contributed by atoms with Crippen molar-refractivity contribution >= 4 is 64.6 Å². The topological polar surface area (TPSA) is 39.1 Å². The van der Waals surface area contributed by atoms with Crippen molar-refractivity contribution in [3.8, 4) is 5.69 Å². The first-order chi connectivity index (χ1) is 19.3. The molecular weight excluding hydrogens is 502 g/mol. The van der Waals surface area contributed by atoms with Gasteiger partial charge < -0.3 is 0 Å². The lowest BCUT2D eigenvalue weighted by atomic mass is 9.80. The fourth-order valence-corrected chi connectivity index (χ4v) is 7.70. The van der Waals surface area contributed by atoms with Gasteiger partial charge in [-0.15, -0.1) is 0 Å². The van der Waals surface area contributed by atoms with Gasteiger partial charge >= 0.3 is 0 Å². The molecule has 0 unspecified atom stereocenters. The third-order valence-corrected chi connectivity index (χ3v) is 9.46. The van der Waals surface area contributed by atoms with Crippen molar-refractivity contribution in [3.63, 3.8) is 0 Å². The standard InChI is InChI=1S/C38H33NO2/c1-18-9-14-27(19(2)15-18)39-35(40)33-23-16-25(37(3,4)5)21-12-10-20-11-13-22-26(38(6,7)8)17-24(34(33)36(39)41)32-30(22)28(20)29(21)31(23)32/h9-17H,1-8H3. The van der Waals surface area contributed by atoms with Gasteiger partial charge in [0.05, 0.1) is 16.5 Å². The Morgan fingerprint density at radius 3 is 1.41 bits per heavy atom. The Bertz CT molecular complexity index is 2340. The number of nitrogens with zero attached hydrogens (tertiary/aromatic N) is 1. The van der Waals surface area contributed by atoms with Crippen molar-refractivity contribution in [2.75, 3.05) is 0 Å². The van der Waals surface area contributed by atoms with Crippen LogP contribution >= 0.6 is 0 Å². The average Bonchev–Trinajstić information content (AvgIpc) is 3.38. The van der Waals surface area contributed by atoms with Gasteiger partial charge in [-0.25, -0.2) is 4.57 Å². The lowest BCUT2D eigenvalue weighted by molar-refractivity contribution is 0.596. The van der Waals surface area contributed by atoms with Gasteiger partial charge in [0, 0.05) is 0 Å². The normalized spacial score (nSPS) is 13.6. The highest BCUT2D eigenvalue weighted by molar-refractivity contribution is 6.48. The maximum atomic E-state index is 14.5. The number of aryl methyl sites for hydroxylation is 2. The van der Waals surface area contributed by atoms with E-state index < -0.39 is 0 Å². The Balaban J connectivity index is 1.76. The highest BCUT2D eigenvalue weighted by Crippen LogP contribution is 2.53. The van der Waals surface area contributed by atoms with Gasteiger partial charge in [0.1, 0.15) is 0 Å². The number of aromatic nitrogens is 1. The molecule has 0 aliphatic carbocycles. The summed E-state index contributed by atoms with van der Waals surface area (Å²) < 4.78 is 1.42. The lowest BCUT2D eigenvalue weighted by Crippen LogP contribution is -2.24. The molecule has 0 aliphatic rings. The van der Waals surface area contributed by atoms with Gasteiger partial charge in [-0.1, -0.05) is 83.5 Å². The largest absolute Gasteiger partial charge is 0.268 e. The number of fused-ring (bicyclic) bond motifs is 3. The highest BCUT2D eigenvalue weighted by atomic mass is 16.2. The minimum atomic E-state index is -0.224. The molecule has 0 amide bonds. The van der Waals surface area contributed by atoms with Crippen molar-refractivity contribution in [2.45, 2.75) is 66.2 Å². The Labute approximate surface area is 238 Å². The van der Waals surface area contributed by atoms with Crippen molar-refractivity contribution in [1.29, 1.82) is 0 Å². The van der Waals surface area contributed by atoms with Crippen LogP contribution in [0.1, 0.15) is 63.8 Å². The summed E-state index contributed by atoms with van der Waals surface area (Å²) in [4.78, 5) is 29.1. The molecule has 0 spiro atoms. The Morgan fingerprint density at radius 2 is 0.976 bits per heavy atom. The second kappa shape index (κ2) is 7.33. The van der Waals surface area contributed by atoms with Crippen LogP contribution in [-0.4, -0.2) is 4.57 Å². The van der Waals surface area contributed by atoms with Gasteiger partial charge in [0.25, 0.3) is 11.1 Å². The number of rotatable bonds is 1. The zero-order valence-corrected chi connectivity index (χ0v) is 25.0. The summed E-state index contributed by atoms with van der Waals surface area (Å²) in [7, 11) is 0. The Kier molecular flexibility index (Phi) is 4.39. The zero-order valence-electron chi connectivity index (χ0n) is 25.0. The summed E-state index contributed by atoms with van der Waals surface area (Å²) in [6.07, 6.45) is 0. The van der Waals surface area contributed by atoms with E-state index in [2.05, 4.69) is 77.9 Å². The molecule has 0 saturated carbocycles. The minimum absolute atomic E-state index is 0.151. The molecule has 0 radical (unpaired) electrons. The van der Waals surface area contributed by atoms with Crippen molar-refractivity contribution in [1.82, 2.24) is 4.57 Å². The molecule has 3 heteroatoms. The molecule has 8 aromatic rings. The number of hydrogen-bond donors (Lipinski definition) is 0. The maximum Gasteiger partial charge on any atom is 0.266 e. The third-order valence-electron chi connectivity index (χ3n) is 9.46. The van der Waals surface area contributed by atoms with Crippen LogP contribution in [0.3, 0.4) is 0 Å². The van der Waals surface area contributed by atoms with Crippen LogP contribution in [0.25, 0.3) is 70.3 Å². The molecule has 0 fully saturated rings. The monoisotopic (exact) mass is 535 g/mol. The van der Waals surface area contributed by atoms with Gasteiger partial charge in [-0.2, -0.15) is 0 Å². The summed E-state index contributed by atoms with van der Waals surface area (Å²) in [5, 5.41) is 12.6. The quantitative estimate of drug-likeness (QED) is 0.197. The maximum absolute atomic E-state index is 14.5. The lowest BCUT2D eigenvalue weighted by Gasteiger charge is -2.23. The van der Waals surface area contributed by atoms with Gasteiger partial charge in [-0.3, -0.25) is 9.59 Å². The van der Waals surface area contributed by atoms with Crippen molar-refractivity contribution < 1.29 is 0 Å². The van der Waals surface area contributed by atoms with E-state index in [4.69, 9.17) is 0 Å². The first-order valence-electron chi connectivity index (χ1n) is 14.5. The SMILES string of the molecule is Cc1ccc(-n2c(=O)c3c4cc(C(C)(C)C)c5ccc6ccc7c(C(C)(C)C)cc(c3c2=O)c2c7c6c5c42)c(C)c1. The summed E-state index contributed by atoms with van der Waals surface area (Å²) in [5.41, 5.74) is 4.35. The van der Waals surface area contributed by atoms with Crippen molar-refractivity contribution in [2.24, 2.45) is 0 Å². The average molecular weight is 536 g/mol. The van der Waals surface area contributed by atoms with E-state index in [0.29, 0.717) is 16.5 Å². The number of benzene rings is 6. The van der Waals surface area contributed by atoms with E-state index in [9.17, 15) is 9.59 Å². The smallest absolute Gasteiger partial charge is 0.266 e. The summed E-state index contributed by atoms with van der Waals surface area (Å²) >= 11 is 0. The van der Waals surface area contributed by atoms with Gasteiger partial charge in [0.2, 0.25) is 0 Å². The molecule has 41 heavy (non-hydrogen) atoms. The predicted molar refractivity (Wildman–Crippen MR) is 175 cm³/mol. The van der Waals surface area contributed by atoms with E-state index in [0.717, 1.165) is 32.7 Å². The fourth-order valence-electron chi connectivity index (χ4n) is 7.70. The van der Waals surface area contributed by atoms with E-state index >= 15 is 0 Å². The summed E-state index contributed by atoms with van der Waals surface area (Å²) in [6.45, 7) is 17.4. The molecule has 0 N–H and O–H groups in total. The van der Waals surface area contributed by atoms with E-state index in [1.807, 2.05) is 32.0 Å². The van der Waals surface area contributed by atoms with Crippen molar-refractivity contribution in [3.05, 3.63) is 97.6 Å². The Morgan fingerprint density at radius 1 is 0.512 bits per heavy atom. The molecule has 1 aromatic heterocycles. The molecule has 3 nitrogen and oxygen atoms in total. The van der Waals surface area contributed by atoms with Crippen LogP contribution in [-0.2, 0) is 10.8 Å². The van der Waals surface area contributed by atoms with Gasteiger partial charge in [-0.05, 0) is 113 Å². The molecule has 0 atom stereocenters. The molecule has 8 rings (SSSR count). The molecular formula is C38H33NO2. The van der Waals surface area contributed by atoms with Crippen LogP contribution in [0.5, 0.6) is 0 Å². The summed E-state index contributed by atoms with van der Waals surface area (Å²) in [6, 6.07) is 19.4. The number of hydrogen-bond acceptors (Lipinski definition) is 2. The van der Waals surface area contributed by atoms with Gasteiger partial charge in [0.15, 0.2) is 0 Å². The van der Waals surface area contributed by atoms with E-state index in [1.54, 1.807) is 0 Å². The second-order valence-corrected chi connectivity index (χ2v) is 14.3. The highest BCUT2D eigenvalue weighted by Gasteiger charge is 2.32. The zero-order chi connectivity index (χ0) is 28.9. The predicted octanol–water partition coefficient (Wildman–Crippen LogP) is 9.08. The van der Waals surface area contributed by atoms with Crippen LogP contribution in [0, 0.1) is 13.8 Å². The molecule has 0 bridgehead atoms. The Hall–Kier alpha value is -4.24. The first-order valence-corrected chi connectivity index (χ1v) is 14.5. The van der Waals surface area contributed by atoms with E-state index in [1.165, 1.54) is 48.0 Å². The van der Waals surface area contributed by atoms with Crippen LogP contribution < -0.4 is 11.1 Å². The van der Waals surface area contributed by atoms with Crippen LogP contribution in [0.15, 0.2) is 64.2 Å².